The molecule has 1 aromatic heterocycles. The van der Waals surface area contributed by atoms with Crippen LogP contribution in [0.5, 0.6) is 6.01 Å². The van der Waals surface area contributed by atoms with Gasteiger partial charge in [-0.15, -0.1) is 0 Å². The summed E-state index contributed by atoms with van der Waals surface area (Å²) in [5.41, 5.74) is 0.969. The summed E-state index contributed by atoms with van der Waals surface area (Å²) < 4.78 is 0. The van der Waals surface area contributed by atoms with Crippen LogP contribution in [0.3, 0.4) is 0 Å². The highest BCUT2D eigenvalue weighted by molar-refractivity contribution is 6.04. The summed E-state index contributed by atoms with van der Waals surface area (Å²) in [7, 11) is 0. The molecule has 0 aliphatic carbocycles. The topological polar surface area (TPSA) is 66.3 Å². The fourth-order valence-electron chi connectivity index (χ4n) is 1.66. The molecule has 1 amide bonds. The number of aromatic hydroxyl groups is 1. The SMILES string of the molecule is CCN(C(=O)c1ccnc(O)n1)c1ccccc1. The summed E-state index contributed by atoms with van der Waals surface area (Å²) >= 11 is 0. The Morgan fingerprint density at radius 1 is 1.28 bits per heavy atom. The summed E-state index contributed by atoms with van der Waals surface area (Å²) in [6, 6.07) is 10.4. The van der Waals surface area contributed by atoms with Crippen LogP contribution in [0.1, 0.15) is 17.4 Å². The van der Waals surface area contributed by atoms with Crippen molar-refractivity contribution in [2.24, 2.45) is 0 Å². The lowest BCUT2D eigenvalue weighted by Crippen LogP contribution is -2.31. The Morgan fingerprint density at radius 2 is 2.00 bits per heavy atom. The van der Waals surface area contributed by atoms with E-state index in [2.05, 4.69) is 9.97 Å². The third-order valence-electron chi connectivity index (χ3n) is 2.49. The van der Waals surface area contributed by atoms with Crippen LogP contribution in [0.15, 0.2) is 42.6 Å². The van der Waals surface area contributed by atoms with Crippen LogP contribution < -0.4 is 4.90 Å². The summed E-state index contributed by atoms with van der Waals surface area (Å²) in [4.78, 5) is 21.1. The minimum atomic E-state index is -0.398. The molecule has 1 aromatic carbocycles. The van der Waals surface area contributed by atoms with Crippen molar-refractivity contribution in [1.29, 1.82) is 0 Å². The van der Waals surface area contributed by atoms with Crippen molar-refractivity contribution >= 4 is 11.6 Å². The van der Waals surface area contributed by atoms with Crippen molar-refractivity contribution in [2.75, 3.05) is 11.4 Å². The van der Waals surface area contributed by atoms with Gasteiger partial charge in [0.25, 0.3) is 5.91 Å². The van der Waals surface area contributed by atoms with Gasteiger partial charge in [0.2, 0.25) is 0 Å². The van der Waals surface area contributed by atoms with E-state index in [9.17, 15) is 9.90 Å². The highest BCUT2D eigenvalue weighted by Crippen LogP contribution is 2.16. The Hall–Kier alpha value is -2.43. The number of benzene rings is 1. The van der Waals surface area contributed by atoms with Gasteiger partial charge in [0.05, 0.1) is 0 Å². The molecule has 1 N–H and O–H groups in total. The first-order valence-corrected chi connectivity index (χ1v) is 5.61. The molecule has 0 aliphatic rings. The second kappa shape index (κ2) is 5.27. The van der Waals surface area contributed by atoms with Crippen molar-refractivity contribution < 1.29 is 9.90 Å². The molecule has 0 spiro atoms. The fourth-order valence-corrected chi connectivity index (χ4v) is 1.66. The zero-order valence-electron chi connectivity index (χ0n) is 9.95. The molecule has 0 aliphatic heterocycles. The molecule has 0 radical (unpaired) electrons. The predicted octanol–water partition coefficient (Wildman–Crippen LogP) is 1.85. The van der Waals surface area contributed by atoms with Gasteiger partial charge >= 0.3 is 6.01 Å². The fraction of sp³-hybridized carbons (Fsp3) is 0.154. The molecule has 0 bridgehead atoms. The second-order valence-electron chi connectivity index (χ2n) is 3.63. The van der Waals surface area contributed by atoms with Gasteiger partial charge in [-0.2, -0.15) is 4.98 Å². The standard InChI is InChI=1S/C13H13N3O2/c1-2-16(10-6-4-3-5-7-10)12(17)11-8-9-14-13(18)15-11/h3-9H,2H2,1H3,(H,14,15,18). The third-order valence-corrected chi connectivity index (χ3v) is 2.49. The zero-order valence-corrected chi connectivity index (χ0v) is 9.95. The summed E-state index contributed by atoms with van der Waals surface area (Å²) in [5.74, 6) is -0.263. The molecular formula is C13H13N3O2. The van der Waals surface area contributed by atoms with E-state index in [4.69, 9.17) is 0 Å². The Bertz CT molecular complexity index is 543. The molecule has 2 rings (SSSR count). The predicted molar refractivity (Wildman–Crippen MR) is 67.5 cm³/mol. The molecule has 0 unspecified atom stereocenters. The van der Waals surface area contributed by atoms with Gasteiger partial charge in [-0.3, -0.25) is 4.79 Å². The minimum absolute atomic E-state index is 0.174. The summed E-state index contributed by atoms with van der Waals surface area (Å²) in [6.07, 6.45) is 1.36. The Kier molecular flexibility index (Phi) is 3.52. The van der Waals surface area contributed by atoms with Crippen molar-refractivity contribution in [3.05, 3.63) is 48.3 Å². The van der Waals surface area contributed by atoms with Gasteiger partial charge in [0, 0.05) is 18.4 Å². The number of anilines is 1. The van der Waals surface area contributed by atoms with Crippen molar-refractivity contribution in [3.8, 4) is 6.01 Å². The van der Waals surface area contributed by atoms with E-state index in [1.807, 2.05) is 37.3 Å². The van der Waals surface area contributed by atoms with Crippen molar-refractivity contribution in [2.45, 2.75) is 6.92 Å². The largest absolute Gasteiger partial charge is 0.479 e. The number of carbonyl (C=O) groups is 1. The number of carbonyl (C=O) groups excluding carboxylic acids is 1. The van der Waals surface area contributed by atoms with Crippen LogP contribution in [0.4, 0.5) is 5.69 Å². The average molecular weight is 243 g/mol. The molecule has 1 heterocycles. The smallest absolute Gasteiger partial charge is 0.314 e. The average Bonchev–Trinajstić information content (AvgIpc) is 2.41. The molecule has 0 saturated heterocycles. The molecule has 0 fully saturated rings. The van der Waals surface area contributed by atoms with E-state index in [1.54, 1.807) is 4.90 Å². The normalized spacial score (nSPS) is 10.1. The third kappa shape index (κ3) is 2.45. The lowest BCUT2D eigenvalue weighted by atomic mass is 10.2. The van der Waals surface area contributed by atoms with Crippen molar-refractivity contribution in [1.82, 2.24) is 9.97 Å². The Balaban J connectivity index is 2.32. The maximum atomic E-state index is 12.3. The molecule has 2 aromatic rings. The zero-order chi connectivity index (χ0) is 13.0. The number of para-hydroxylation sites is 1. The molecule has 18 heavy (non-hydrogen) atoms. The van der Waals surface area contributed by atoms with Gasteiger partial charge in [-0.05, 0) is 25.1 Å². The van der Waals surface area contributed by atoms with E-state index >= 15 is 0 Å². The molecule has 0 atom stereocenters. The van der Waals surface area contributed by atoms with E-state index < -0.39 is 6.01 Å². The van der Waals surface area contributed by atoms with E-state index in [0.29, 0.717) is 6.54 Å². The summed E-state index contributed by atoms with van der Waals surface area (Å²) in [6.45, 7) is 2.40. The highest BCUT2D eigenvalue weighted by atomic mass is 16.3. The number of rotatable bonds is 3. The second-order valence-corrected chi connectivity index (χ2v) is 3.63. The van der Waals surface area contributed by atoms with Crippen LogP contribution in [-0.4, -0.2) is 27.5 Å². The van der Waals surface area contributed by atoms with Gasteiger partial charge in [-0.25, -0.2) is 4.98 Å². The first-order valence-electron chi connectivity index (χ1n) is 5.61. The van der Waals surface area contributed by atoms with Crippen molar-refractivity contribution in [3.63, 3.8) is 0 Å². The van der Waals surface area contributed by atoms with E-state index in [1.165, 1.54) is 12.3 Å². The van der Waals surface area contributed by atoms with Crippen LogP contribution in [0.25, 0.3) is 0 Å². The van der Waals surface area contributed by atoms with E-state index in [0.717, 1.165) is 5.69 Å². The lowest BCUT2D eigenvalue weighted by molar-refractivity contribution is 0.0982. The maximum absolute atomic E-state index is 12.3. The minimum Gasteiger partial charge on any atom is -0.479 e. The quantitative estimate of drug-likeness (QED) is 0.893. The molecule has 0 saturated carbocycles. The molecular weight excluding hydrogens is 230 g/mol. The first kappa shape index (κ1) is 12.0. The lowest BCUT2D eigenvalue weighted by Gasteiger charge is -2.20. The monoisotopic (exact) mass is 243 g/mol. The van der Waals surface area contributed by atoms with Crippen LogP contribution >= 0.6 is 0 Å². The number of amides is 1. The number of nitrogens with zero attached hydrogens (tertiary/aromatic N) is 3. The van der Waals surface area contributed by atoms with Gasteiger partial charge in [0.1, 0.15) is 5.69 Å². The number of hydrogen-bond acceptors (Lipinski definition) is 4. The van der Waals surface area contributed by atoms with Gasteiger partial charge < -0.3 is 10.0 Å². The van der Waals surface area contributed by atoms with Gasteiger partial charge in [-0.1, -0.05) is 18.2 Å². The highest BCUT2D eigenvalue weighted by Gasteiger charge is 2.17. The number of aromatic nitrogens is 2. The van der Waals surface area contributed by atoms with Crippen LogP contribution in [-0.2, 0) is 0 Å². The molecule has 5 nitrogen and oxygen atoms in total. The maximum Gasteiger partial charge on any atom is 0.314 e. The van der Waals surface area contributed by atoms with Gasteiger partial charge in [0.15, 0.2) is 0 Å². The Morgan fingerprint density at radius 3 is 2.61 bits per heavy atom. The molecule has 5 heteroatoms. The number of hydrogen-bond donors (Lipinski definition) is 1. The summed E-state index contributed by atoms with van der Waals surface area (Å²) in [5, 5.41) is 9.19. The molecule has 92 valence electrons. The van der Waals surface area contributed by atoms with Crippen LogP contribution in [0, 0.1) is 0 Å². The van der Waals surface area contributed by atoms with Crippen LogP contribution in [0.2, 0.25) is 0 Å². The first-order chi connectivity index (χ1) is 8.72. The van der Waals surface area contributed by atoms with E-state index in [-0.39, 0.29) is 11.6 Å². The Labute approximate surface area is 105 Å².